The molecular formula is C16H22ClN3O2. The summed E-state index contributed by atoms with van der Waals surface area (Å²) in [6.45, 7) is 5.49. The van der Waals surface area contributed by atoms with E-state index in [1.807, 2.05) is 38.1 Å². The summed E-state index contributed by atoms with van der Waals surface area (Å²) in [5.74, 6) is -0.575. The molecular weight excluding hydrogens is 302 g/mol. The first-order valence-corrected chi connectivity index (χ1v) is 7.76. The van der Waals surface area contributed by atoms with Gasteiger partial charge < -0.3 is 16.0 Å². The summed E-state index contributed by atoms with van der Waals surface area (Å²) in [6.07, 6.45) is 0.636. The van der Waals surface area contributed by atoms with Gasteiger partial charge in [0.1, 0.15) is 0 Å². The fraction of sp³-hybridized carbons (Fsp3) is 0.500. The van der Waals surface area contributed by atoms with Gasteiger partial charge in [0.25, 0.3) is 0 Å². The third kappa shape index (κ3) is 3.71. The molecule has 1 aromatic rings. The molecule has 0 radical (unpaired) electrons. The van der Waals surface area contributed by atoms with Crippen LogP contribution in [-0.4, -0.2) is 36.5 Å². The Labute approximate surface area is 135 Å². The third-order valence-electron chi connectivity index (χ3n) is 4.16. The van der Waals surface area contributed by atoms with Crippen LogP contribution >= 0.6 is 11.6 Å². The number of likely N-dealkylation sites (tertiary alicyclic amines) is 1. The molecule has 1 atom stereocenters. The van der Waals surface area contributed by atoms with E-state index in [-0.39, 0.29) is 23.3 Å². The molecule has 1 heterocycles. The second kappa shape index (κ2) is 6.57. The highest BCUT2D eigenvalue weighted by atomic mass is 35.5. The van der Waals surface area contributed by atoms with Gasteiger partial charge in [0, 0.05) is 30.1 Å². The molecule has 6 heteroatoms. The van der Waals surface area contributed by atoms with Crippen molar-refractivity contribution in [3.63, 3.8) is 0 Å². The predicted octanol–water partition coefficient (Wildman–Crippen LogP) is 2.13. The van der Waals surface area contributed by atoms with E-state index in [9.17, 15) is 9.59 Å². The molecule has 1 aliphatic rings. The van der Waals surface area contributed by atoms with Gasteiger partial charge in [0.05, 0.1) is 5.92 Å². The number of nitrogens with one attached hydrogen (secondary N) is 1. The topological polar surface area (TPSA) is 75.4 Å². The van der Waals surface area contributed by atoms with Gasteiger partial charge in [-0.1, -0.05) is 43.6 Å². The van der Waals surface area contributed by atoms with Gasteiger partial charge in [0.2, 0.25) is 5.91 Å². The molecule has 3 N–H and O–H groups in total. The Kier molecular flexibility index (Phi) is 4.96. The standard InChI is InChI=1S/C16H22ClN3O2/c1-16(2,12-5-3-4-6-13(12)17)10-19-15(22)20-8-7-11(9-20)14(18)21/h3-6,11H,7-10H2,1-2H3,(H2,18,21)(H,19,22)/t11-/m0/s1. The molecule has 1 fully saturated rings. The highest BCUT2D eigenvalue weighted by molar-refractivity contribution is 6.31. The van der Waals surface area contributed by atoms with E-state index in [4.69, 9.17) is 17.3 Å². The molecule has 22 heavy (non-hydrogen) atoms. The number of hydrogen-bond acceptors (Lipinski definition) is 2. The Balaban J connectivity index is 1.94. The van der Waals surface area contributed by atoms with Crippen molar-refractivity contribution < 1.29 is 9.59 Å². The normalized spacial score (nSPS) is 18.3. The van der Waals surface area contributed by atoms with Crippen molar-refractivity contribution >= 4 is 23.5 Å². The minimum atomic E-state index is -0.341. The Morgan fingerprint density at radius 3 is 2.68 bits per heavy atom. The maximum atomic E-state index is 12.2. The number of halogens is 1. The number of amides is 3. The number of rotatable bonds is 4. The monoisotopic (exact) mass is 323 g/mol. The number of benzene rings is 1. The van der Waals surface area contributed by atoms with E-state index in [1.54, 1.807) is 4.90 Å². The Morgan fingerprint density at radius 1 is 1.41 bits per heavy atom. The lowest BCUT2D eigenvalue weighted by Gasteiger charge is -2.28. The molecule has 1 saturated heterocycles. The van der Waals surface area contributed by atoms with Gasteiger partial charge in [-0.3, -0.25) is 4.79 Å². The quantitative estimate of drug-likeness (QED) is 0.890. The van der Waals surface area contributed by atoms with E-state index in [2.05, 4.69) is 5.32 Å². The van der Waals surface area contributed by atoms with E-state index in [0.717, 1.165) is 5.56 Å². The van der Waals surface area contributed by atoms with Gasteiger partial charge >= 0.3 is 6.03 Å². The lowest BCUT2D eigenvalue weighted by atomic mass is 9.84. The van der Waals surface area contributed by atoms with Gasteiger partial charge in [-0.25, -0.2) is 4.79 Å². The van der Waals surface area contributed by atoms with Gasteiger partial charge in [-0.05, 0) is 18.1 Å². The SMILES string of the molecule is CC(C)(CNC(=O)N1CC[C@H](C(N)=O)C1)c1ccccc1Cl. The van der Waals surface area contributed by atoms with Crippen molar-refractivity contribution in [1.82, 2.24) is 10.2 Å². The van der Waals surface area contributed by atoms with Crippen molar-refractivity contribution in [3.8, 4) is 0 Å². The number of carbonyl (C=O) groups is 2. The fourth-order valence-electron chi connectivity index (χ4n) is 2.69. The van der Waals surface area contributed by atoms with Crippen molar-refractivity contribution in [2.24, 2.45) is 11.7 Å². The van der Waals surface area contributed by atoms with Crippen LogP contribution < -0.4 is 11.1 Å². The van der Waals surface area contributed by atoms with E-state index >= 15 is 0 Å². The lowest BCUT2D eigenvalue weighted by molar-refractivity contribution is -0.121. The van der Waals surface area contributed by atoms with Crippen molar-refractivity contribution in [2.75, 3.05) is 19.6 Å². The molecule has 0 aromatic heterocycles. The number of primary amides is 1. The summed E-state index contributed by atoms with van der Waals surface area (Å²) in [4.78, 5) is 25.0. The van der Waals surface area contributed by atoms with Crippen molar-refractivity contribution in [3.05, 3.63) is 34.9 Å². The number of nitrogens with zero attached hydrogens (tertiary/aromatic N) is 1. The van der Waals surface area contributed by atoms with Crippen LogP contribution in [0.2, 0.25) is 5.02 Å². The minimum absolute atomic E-state index is 0.163. The zero-order valence-electron chi connectivity index (χ0n) is 12.9. The summed E-state index contributed by atoms with van der Waals surface area (Å²) in [7, 11) is 0. The molecule has 0 bridgehead atoms. The maximum Gasteiger partial charge on any atom is 0.317 e. The molecule has 1 aliphatic heterocycles. The van der Waals surface area contributed by atoms with Crippen LogP contribution in [0, 0.1) is 5.92 Å². The smallest absolute Gasteiger partial charge is 0.317 e. The molecule has 120 valence electrons. The molecule has 1 aromatic carbocycles. The predicted molar refractivity (Wildman–Crippen MR) is 86.8 cm³/mol. The second-order valence-electron chi connectivity index (χ2n) is 6.36. The summed E-state index contributed by atoms with van der Waals surface area (Å²) >= 11 is 6.23. The second-order valence-corrected chi connectivity index (χ2v) is 6.76. The van der Waals surface area contributed by atoms with Gasteiger partial charge in [0.15, 0.2) is 0 Å². The highest BCUT2D eigenvalue weighted by Gasteiger charge is 2.31. The lowest BCUT2D eigenvalue weighted by Crippen LogP contribution is -2.44. The number of nitrogens with two attached hydrogens (primary N) is 1. The summed E-state index contributed by atoms with van der Waals surface area (Å²) in [6, 6.07) is 7.47. The van der Waals surface area contributed by atoms with Crippen molar-refractivity contribution in [2.45, 2.75) is 25.7 Å². The summed E-state index contributed by atoms with van der Waals surface area (Å²) < 4.78 is 0. The van der Waals surface area contributed by atoms with Crippen LogP contribution in [0.4, 0.5) is 4.79 Å². The van der Waals surface area contributed by atoms with E-state index in [1.165, 1.54) is 0 Å². The first-order chi connectivity index (χ1) is 10.3. The Hall–Kier alpha value is -1.75. The average molecular weight is 324 g/mol. The highest BCUT2D eigenvalue weighted by Crippen LogP contribution is 2.29. The van der Waals surface area contributed by atoms with Gasteiger partial charge in [-0.2, -0.15) is 0 Å². The first kappa shape index (κ1) is 16.6. The molecule has 2 rings (SSSR count). The number of hydrogen-bond donors (Lipinski definition) is 2. The molecule has 0 spiro atoms. The first-order valence-electron chi connectivity index (χ1n) is 7.38. The zero-order valence-corrected chi connectivity index (χ0v) is 13.7. The molecule has 5 nitrogen and oxygen atoms in total. The van der Waals surface area contributed by atoms with Crippen LogP contribution in [-0.2, 0) is 10.2 Å². The van der Waals surface area contributed by atoms with Gasteiger partial charge in [-0.15, -0.1) is 0 Å². The van der Waals surface area contributed by atoms with Crippen LogP contribution in [0.1, 0.15) is 25.8 Å². The van der Waals surface area contributed by atoms with Crippen molar-refractivity contribution in [1.29, 1.82) is 0 Å². The van der Waals surface area contributed by atoms with Crippen LogP contribution in [0.5, 0.6) is 0 Å². The molecule has 0 saturated carbocycles. The minimum Gasteiger partial charge on any atom is -0.369 e. The average Bonchev–Trinajstić information content (AvgIpc) is 2.95. The van der Waals surface area contributed by atoms with Crippen LogP contribution in [0.3, 0.4) is 0 Å². The fourth-order valence-corrected chi connectivity index (χ4v) is 3.08. The van der Waals surface area contributed by atoms with E-state index < -0.39 is 0 Å². The number of carbonyl (C=O) groups excluding carboxylic acids is 2. The van der Waals surface area contributed by atoms with Crippen LogP contribution in [0.25, 0.3) is 0 Å². The largest absolute Gasteiger partial charge is 0.369 e. The molecule has 3 amide bonds. The van der Waals surface area contributed by atoms with E-state index in [0.29, 0.717) is 31.1 Å². The number of urea groups is 1. The summed E-state index contributed by atoms with van der Waals surface area (Å²) in [5, 5.41) is 3.62. The van der Waals surface area contributed by atoms with Crippen LogP contribution in [0.15, 0.2) is 24.3 Å². The molecule has 0 unspecified atom stereocenters. The maximum absolute atomic E-state index is 12.2. The summed E-state index contributed by atoms with van der Waals surface area (Å²) in [5.41, 5.74) is 6.00. The molecule has 0 aliphatic carbocycles. The Bertz CT molecular complexity index is 574. The zero-order chi connectivity index (χ0) is 16.3. The third-order valence-corrected chi connectivity index (χ3v) is 4.49. The Morgan fingerprint density at radius 2 is 2.09 bits per heavy atom.